The zero-order valence-corrected chi connectivity index (χ0v) is 9.66. The van der Waals surface area contributed by atoms with Gasteiger partial charge in [0.05, 0.1) is 0 Å². The van der Waals surface area contributed by atoms with Gasteiger partial charge >= 0.3 is 0 Å². The number of hydrogen-bond donors (Lipinski definition) is 0. The first-order valence-electron chi connectivity index (χ1n) is 5.76. The Morgan fingerprint density at radius 3 is 2.60 bits per heavy atom. The molecule has 0 spiro atoms. The average molecular weight is 201 g/mol. The van der Waals surface area contributed by atoms with Crippen LogP contribution < -0.4 is 0 Å². The van der Waals surface area contributed by atoms with Crippen molar-refractivity contribution in [2.24, 2.45) is 0 Å². The standard InChI is InChI=1S/C14H19N/c1-3-12-11-15(2)10-9-14(12)13-7-5-4-6-8-13/h4-8H,3,9-11H2,1-2H3. The minimum Gasteiger partial charge on any atom is -0.302 e. The van der Waals surface area contributed by atoms with Gasteiger partial charge in [-0.3, -0.25) is 0 Å². The van der Waals surface area contributed by atoms with Crippen LogP contribution in [0.1, 0.15) is 25.3 Å². The third-order valence-corrected chi connectivity index (χ3v) is 3.18. The molecule has 1 aromatic carbocycles. The Labute approximate surface area is 92.4 Å². The predicted molar refractivity (Wildman–Crippen MR) is 65.8 cm³/mol. The summed E-state index contributed by atoms with van der Waals surface area (Å²) in [6, 6.07) is 10.8. The summed E-state index contributed by atoms with van der Waals surface area (Å²) in [6.07, 6.45) is 2.37. The zero-order valence-electron chi connectivity index (χ0n) is 9.66. The number of benzene rings is 1. The summed E-state index contributed by atoms with van der Waals surface area (Å²) in [5.41, 5.74) is 4.61. The van der Waals surface area contributed by atoms with E-state index < -0.39 is 0 Å². The lowest BCUT2D eigenvalue weighted by atomic mass is 9.92. The molecule has 1 aliphatic rings. The predicted octanol–water partition coefficient (Wildman–Crippen LogP) is 3.19. The van der Waals surface area contributed by atoms with Crippen molar-refractivity contribution in [3.63, 3.8) is 0 Å². The Bertz CT molecular complexity index is 351. The van der Waals surface area contributed by atoms with E-state index in [9.17, 15) is 0 Å². The maximum absolute atomic E-state index is 2.41. The SMILES string of the molecule is CCC1=C(c2ccccc2)CCN(C)C1. The van der Waals surface area contributed by atoms with Gasteiger partial charge in [0.2, 0.25) is 0 Å². The van der Waals surface area contributed by atoms with E-state index in [2.05, 4.69) is 49.2 Å². The minimum atomic E-state index is 1.14. The second kappa shape index (κ2) is 4.63. The zero-order chi connectivity index (χ0) is 10.7. The highest BCUT2D eigenvalue weighted by Gasteiger charge is 2.15. The summed E-state index contributed by atoms with van der Waals surface area (Å²) in [5.74, 6) is 0. The first kappa shape index (κ1) is 10.4. The molecule has 1 heterocycles. The minimum absolute atomic E-state index is 1.14. The van der Waals surface area contributed by atoms with Crippen molar-refractivity contribution in [1.82, 2.24) is 4.90 Å². The van der Waals surface area contributed by atoms with Crippen LogP contribution in [0.25, 0.3) is 5.57 Å². The van der Waals surface area contributed by atoms with Gasteiger partial charge in [-0.1, -0.05) is 42.8 Å². The summed E-state index contributed by atoms with van der Waals surface area (Å²) < 4.78 is 0. The molecule has 2 rings (SSSR count). The van der Waals surface area contributed by atoms with Crippen molar-refractivity contribution in [3.05, 3.63) is 41.5 Å². The monoisotopic (exact) mass is 201 g/mol. The molecule has 0 bridgehead atoms. The summed E-state index contributed by atoms with van der Waals surface area (Å²) in [7, 11) is 2.21. The first-order chi connectivity index (χ1) is 7.31. The van der Waals surface area contributed by atoms with E-state index in [-0.39, 0.29) is 0 Å². The van der Waals surface area contributed by atoms with Crippen molar-refractivity contribution < 1.29 is 0 Å². The second-order valence-corrected chi connectivity index (χ2v) is 4.29. The van der Waals surface area contributed by atoms with Crippen LogP contribution in [-0.4, -0.2) is 25.0 Å². The van der Waals surface area contributed by atoms with Gasteiger partial charge in [0.25, 0.3) is 0 Å². The van der Waals surface area contributed by atoms with E-state index in [1.807, 2.05) is 0 Å². The Morgan fingerprint density at radius 1 is 1.20 bits per heavy atom. The fraction of sp³-hybridized carbons (Fsp3) is 0.429. The molecular formula is C14H19N. The van der Waals surface area contributed by atoms with E-state index in [1.165, 1.54) is 24.9 Å². The molecule has 0 amide bonds. The molecule has 1 aromatic rings. The topological polar surface area (TPSA) is 3.24 Å². The lowest BCUT2D eigenvalue weighted by molar-refractivity contribution is 0.356. The maximum Gasteiger partial charge on any atom is 0.0195 e. The molecule has 0 radical (unpaired) electrons. The quantitative estimate of drug-likeness (QED) is 0.710. The van der Waals surface area contributed by atoms with Crippen LogP contribution in [0, 0.1) is 0 Å². The molecule has 0 aromatic heterocycles. The van der Waals surface area contributed by atoms with Crippen LogP contribution in [0.3, 0.4) is 0 Å². The molecule has 0 N–H and O–H groups in total. The lowest BCUT2D eigenvalue weighted by Crippen LogP contribution is -2.27. The molecule has 0 saturated heterocycles. The number of hydrogen-bond acceptors (Lipinski definition) is 1. The third-order valence-electron chi connectivity index (χ3n) is 3.18. The van der Waals surface area contributed by atoms with Gasteiger partial charge in [-0.25, -0.2) is 0 Å². The normalized spacial score (nSPS) is 18.3. The molecule has 0 fully saturated rings. The molecule has 80 valence electrons. The van der Waals surface area contributed by atoms with Crippen LogP contribution >= 0.6 is 0 Å². The number of nitrogens with zero attached hydrogens (tertiary/aromatic N) is 1. The van der Waals surface area contributed by atoms with E-state index in [0.29, 0.717) is 0 Å². The summed E-state index contributed by atoms with van der Waals surface area (Å²) >= 11 is 0. The molecule has 0 aliphatic carbocycles. The molecule has 1 aliphatic heterocycles. The number of rotatable bonds is 2. The summed E-state index contributed by atoms with van der Waals surface area (Å²) in [4.78, 5) is 2.41. The summed E-state index contributed by atoms with van der Waals surface area (Å²) in [6.45, 7) is 4.59. The summed E-state index contributed by atoms with van der Waals surface area (Å²) in [5, 5.41) is 0. The van der Waals surface area contributed by atoms with Crippen LogP contribution in [-0.2, 0) is 0 Å². The van der Waals surface area contributed by atoms with E-state index in [0.717, 1.165) is 6.54 Å². The Balaban J connectivity index is 2.34. The highest BCUT2D eigenvalue weighted by atomic mass is 15.1. The highest BCUT2D eigenvalue weighted by molar-refractivity contribution is 5.69. The van der Waals surface area contributed by atoms with Gasteiger partial charge in [0, 0.05) is 13.1 Å². The van der Waals surface area contributed by atoms with Gasteiger partial charge in [-0.05, 0) is 31.0 Å². The smallest absolute Gasteiger partial charge is 0.0195 e. The first-order valence-corrected chi connectivity index (χ1v) is 5.76. The fourth-order valence-electron chi connectivity index (χ4n) is 2.29. The molecule has 0 saturated carbocycles. The van der Waals surface area contributed by atoms with Crippen LogP contribution in [0.2, 0.25) is 0 Å². The van der Waals surface area contributed by atoms with Gasteiger partial charge in [-0.15, -0.1) is 0 Å². The Morgan fingerprint density at radius 2 is 1.93 bits per heavy atom. The largest absolute Gasteiger partial charge is 0.302 e. The van der Waals surface area contributed by atoms with Gasteiger partial charge < -0.3 is 4.90 Å². The van der Waals surface area contributed by atoms with Crippen molar-refractivity contribution in [2.45, 2.75) is 19.8 Å². The van der Waals surface area contributed by atoms with Crippen molar-refractivity contribution in [2.75, 3.05) is 20.1 Å². The van der Waals surface area contributed by atoms with Crippen LogP contribution in [0.5, 0.6) is 0 Å². The molecule has 1 nitrogen and oxygen atoms in total. The van der Waals surface area contributed by atoms with Gasteiger partial charge in [0.15, 0.2) is 0 Å². The van der Waals surface area contributed by atoms with Crippen LogP contribution in [0.4, 0.5) is 0 Å². The lowest BCUT2D eigenvalue weighted by Gasteiger charge is -2.27. The highest BCUT2D eigenvalue weighted by Crippen LogP contribution is 2.28. The average Bonchev–Trinajstić information content (AvgIpc) is 2.30. The molecule has 0 unspecified atom stereocenters. The van der Waals surface area contributed by atoms with Crippen molar-refractivity contribution in [3.8, 4) is 0 Å². The van der Waals surface area contributed by atoms with Crippen molar-refractivity contribution in [1.29, 1.82) is 0 Å². The van der Waals surface area contributed by atoms with Gasteiger partial charge in [-0.2, -0.15) is 0 Å². The second-order valence-electron chi connectivity index (χ2n) is 4.29. The molecule has 1 heteroatoms. The van der Waals surface area contributed by atoms with E-state index in [1.54, 1.807) is 11.1 Å². The molecular weight excluding hydrogens is 182 g/mol. The fourth-order valence-corrected chi connectivity index (χ4v) is 2.29. The Hall–Kier alpha value is -1.08. The number of likely N-dealkylation sites (N-methyl/N-ethyl adjacent to an activating group) is 1. The van der Waals surface area contributed by atoms with Crippen LogP contribution in [0.15, 0.2) is 35.9 Å². The van der Waals surface area contributed by atoms with E-state index in [4.69, 9.17) is 0 Å². The molecule has 0 atom stereocenters. The molecule has 15 heavy (non-hydrogen) atoms. The van der Waals surface area contributed by atoms with Crippen molar-refractivity contribution >= 4 is 5.57 Å². The third kappa shape index (κ3) is 2.29. The van der Waals surface area contributed by atoms with E-state index >= 15 is 0 Å². The maximum atomic E-state index is 2.41. The van der Waals surface area contributed by atoms with Gasteiger partial charge in [0.1, 0.15) is 0 Å². The Kier molecular flexibility index (Phi) is 3.22.